The molecule has 0 spiro atoms. The van der Waals surface area contributed by atoms with Gasteiger partial charge in [0.1, 0.15) is 11.2 Å². The topological polar surface area (TPSA) is 21.3 Å². The Balaban J connectivity index is 0.936. The minimum absolute atomic E-state index is 0.466. The molecule has 0 fully saturated rings. The molecule has 0 aliphatic heterocycles. The molecule has 74 heavy (non-hydrogen) atoms. The van der Waals surface area contributed by atoms with Gasteiger partial charge in [-0.1, -0.05) is 188 Å². The van der Waals surface area contributed by atoms with Crippen LogP contribution in [0, 0.1) is 0 Å². The van der Waals surface area contributed by atoms with Crippen molar-refractivity contribution in [1.29, 1.82) is 0 Å². The Hall–Kier alpha value is -9.44. The van der Waals surface area contributed by atoms with Crippen molar-refractivity contribution in [2.75, 3.05) is 4.90 Å². The first-order valence-electron chi connectivity index (χ1n) is 25.8. The van der Waals surface area contributed by atoms with E-state index < -0.39 is 5.41 Å². The second-order valence-electron chi connectivity index (χ2n) is 19.8. The molecule has 13 aromatic rings. The normalized spacial score (nSPS) is 15.1. The van der Waals surface area contributed by atoms with E-state index in [1.807, 2.05) is 12.1 Å². The second kappa shape index (κ2) is 16.8. The smallest absolute Gasteiger partial charge is 0.135 e. The molecule has 2 aliphatic rings. The van der Waals surface area contributed by atoms with Gasteiger partial charge in [-0.05, 0) is 153 Å². The van der Waals surface area contributed by atoms with E-state index in [9.17, 15) is 0 Å². The molecule has 0 bridgehead atoms. The Bertz CT molecular complexity index is 4410. The number of hydrogen-bond donors (Lipinski definition) is 0. The highest BCUT2D eigenvalue weighted by Crippen LogP contribution is 2.57. The lowest BCUT2D eigenvalue weighted by Gasteiger charge is -2.35. The van der Waals surface area contributed by atoms with Crippen molar-refractivity contribution in [2.45, 2.75) is 18.3 Å². The number of para-hydroxylation sites is 2. The minimum atomic E-state index is -0.466. The third-order valence-corrected chi connectivity index (χ3v) is 16.0. The summed E-state index contributed by atoms with van der Waals surface area (Å²) in [5, 5.41) is 7.01. The fourth-order valence-corrected chi connectivity index (χ4v) is 12.7. The largest absolute Gasteiger partial charge is 0.456 e. The van der Waals surface area contributed by atoms with Crippen LogP contribution in [0.25, 0.3) is 88.0 Å². The first kappa shape index (κ1) is 42.3. The second-order valence-corrected chi connectivity index (χ2v) is 19.8. The van der Waals surface area contributed by atoms with Crippen LogP contribution in [0.15, 0.2) is 277 Å². The Kier molecular flexibility index (Phi) is 9.61. The average molecular weight is 945 g/mol. The predicted octanol–water partition coefficient (Wildman–Crippen LogP) is 19.1. The maximum Gasteiger partial charge on any atom is 0.135 e. The van der Waals surface area contributed by atoms with Gasteiger partial charge in [-0.15, -0.1) is 0 Å². The molecule has 0 saturated carbocycles. The SMILES string of the molecule is C1=CC2=C(CC1)c1ccccc1C2(c1ccccc1)c1ccc2c(c1)c1cc(-c3ccc(N(c4ccc(-c5ccccc5)cc4)c4ccc5oc6ccccc6c5c4)c4ccccc34)ccc1n2-c1ccccc1. The molecule has 1 unspecified atom stereocenters. The van der Waals surface area contributed by atoms with E-state index in [-0.39, 0.29) is 0 Å². The highest BCUT2D eigenvalue weighted by atomic mass is 16.3. The summed E-state index contributed by atoms with van der Waals surface area (Å²) in [6.07, 6.45) is 6.90. The average Bonchev–Trinajstić information content (AvgIpc) is 4.18. The van der Waals surface area contributed by atoms with Crippen LogP contribution in [0.3, 0.4) is 0 Å². The van der Waals surface area contributed by atoms with E-state index in [2.05, 4.69) is 264 Å². The molecule has 15 rings (SSSR count). The summed E-state index contributed by atoms with van der Waals surface area (Å²) in [5.74, 6) is 0. The first-order chi connectivity index (χ1) is 36.7. The summed E-state index contributed by atoms with van der Waals surface area (Å²) in [5.41, 5.74) is 21.0. The van der Waals surface area contributed by atoms with Crippen LogP contribution in [0.2, 0.25) is 0 Å². The number of anilines is 3. The van der Waals surface area contributed by atoms with Gasteiger partial charge in [0.15, 0.2) is 0 Å². The number of hydrogen-bond acceptors (Lipinski definition) is 2. The third-order valence-electron chi connectivity index (χ3n) is 16.0. The first-order valence-corrected chi connectivity index (χ1v) is 25.8. The fraction of sp³-hybridized carbons (Fsp3) is 0.0423. The van der Waals surface area contributed by atoms with Gasteiger partial charge < -0.3 is 13.9 Å². The third kappa shape index (κ3) is 6.39. The number of nitrogens with zero attached hydrogens (tertiary/aromatic N) is 2. The lowest BCUT2D eigenvalue weighted by Crippen LogP contribution is -2.29. The number of fused-ring (bicyclic) bond motifs is 9. The van der Waals surface area contributed by atoms with Gasteiger partial charge in [-0.3, -0.25) is 0 Å². The standard InChI is InChI=1S/C71H48N2O/c1-4-18-47(19-5-1)48-32-36-53(37-33-48)72(54-38-43-70-63(46-54)60-28-14-17-31-69(60)74-70)66-42-39-55(56-24-10-11-27-59(56)66)49-34-40-67-61(44-49)62-45-51(35-41-68(62)73(67)52-22-8-3-9-23-52)71(50-20-6-2-7-21-50)64-29-15-12-25-57(64)58-26-13-16-30-65(58)71/h1-12,14-25,27-46H,13,26H2. The highest BCUT2D eigenvalue weighted by molar-refractivity contribution is 6.14. The maximum atomic E-state index is 6.35. The summed E-state index contributed by atoms with van der Waals surface area (Å²) in [7, 11) is 0. The summed E-state index contributed by atoms with van der Waals surface area (Å²) >= 11 is 0. The molecule has 0 saturated heterocycles. The van der Waals surface area contributed by atoms with E-state index in [1.54, 1.807) is 0 Å². The van der Waals surface area contributed by atoms with Crippen LogP contribution in [0.5, 0.6) is 0 Å². The number of rotatable bonds is 8. The summed E-state index contributed by atoms with van der Waals surface area (Å²) < 4.78 is 8.80. The van der Waals surface area contributed by atoms with Crippen molar-refractivity contribution in [3.8, 4) is 27.9 Å². The van der Waals surface area contributed by atoms with Crippen LogP contribution in [-0.2, 0) is 5.41 Å². The van der Waals surface area contributed by atoms with Crippen molar-refractivity contribution in [1.82, 2.24) is 4.57 Å². The van der Waals surface area contributed by atoms with Gasteiger partial charge in [-0.2, -0.15) is 0 Å². The zero-order valence-electron chi connectivity index (χ0n) is 40.6. The van der Waals surface area contributed by atoms with Crippen molar-refractivity contribution >= 4 is 77.2 Å². The van der Waals surface area contributed by atoms with Gasteiger partial charge in [0.25, 0.3) is 0 Å². The minimum Gasteiger partial charge on any atom is -0.456 e. The van der Waals surface area contributed by atoms with Crippen molar-refractivity contribution < 1.29 is 4.42 Å². The lowest BCUT2D eigenvalue weighted by molar-refractivity contribution is 0.669. The monoisotopic (exact) mass is 944 g/mol. The van der Waals surface area contributed by atoms with Crippen LogP contribution < -0.4 is 4.90 Å². The Morgan fingerprint density at radius 1 is 0.405 bits per heavy atom. The van der Waals surface area contributed by atoms with Gasteiger partial charge in [0, 0.05) is 44.0 Å². The number of furan rings is 1. The molecule has 0 amide bonds. The van der Waals surface area contributed by atoms with E-state index in [1.165, 1.54) is 82.8 Å². The van der Waals surface area contributed by atoms with Gasteiger partial charge in [-0.25, -0.2) is 0 Å². The molecular weight excluding hydrogens is 897 g/mol. The molecule has 0 N–H and O–H groups in total. The zero-order chi connectivity index (χ0) is 48.7. The zero-order valence-corrected chi connectivity index (χ0v) is 40.6. The van der Waals surface area contributed by atoms with Crippen LogP contribution in [0.4, 0.5) is 17.1 Å². The fourth-order valence-electron chi connectivity index (χ4n) is 12.7. The molecule has 3 nitrogen and oxygen atoms in total. The van der Waals surface area contributed by atoms with Crippen molar-refractivity contribution in [2.24, 2.45) is 0 Å². The van der Waals surface area contributed by atoms with Crippen molar-refractivity contribution in [3.63, 3.8) is 0 Å². The van der Waals surface area contributed by atoms with Crippen molar-refractivity contribution in [3.05, 3.63) is 295 Å². The predicted molar refractivity (Wildman–Crippen MR) is 309 cm³/mol. The molecule has 2 heterocycles. The quantitative estimate of drug-likeness (QED) is 0.151. The van der Waals surface area contributed by atoms with Crippen LogP contribution >= 0.6 is 0 Å². The highest BCUT2D eigenvalue weighted by Gasteiger charge is 2.47. The van der Waals surface area contributed by atoms with Crippen LogP contribution in [0.1, 0.15) is 35.1 Å². The molecular formula is C71H48N2O. The van der Waals surface area contributed by atoms with Gasteiger partial charge >= 0.3 is 0 Å². The van der Waals surface area contributed by atoms with E-state index in [4.69, 9.17) is 4.42 Å². The van der Waals surface area contributed by atoms with E-state index in [0.717, 1.165) is 62.9 Å². The number of aromatic nitrogens is 1. The number of allylic oxidation sites excluding steroid dienone is 4. The molecule has 11 aromatic carbocycles. The molecule has 3 heteroatoms. The molecule has 2 aliphatic carbocycles. The Morgan fingerprint density at radius 2 is 1.04 bits per heavy atom. The number of benzene rings is 11. The summed E-state index contributed by atoms with van der Waals surface area (Å²) in [6.45, 7) is 0. The molecule has 0 radical (unpaired) electrons. The van der Waals surface area contributed by atoms with Gasteiger partial charge in [0.05, 0.1) is 22.1 Å². The van der Waals surface area contributed by atoms with E-state index >= 15 is 0 Å². The van der Waals surface area contributed by atoms with Crippen LogP contribution in [-0.4, -0.2) is 4.57 Å². The Labute approximate surface area is 429 Å². The Morgan fingerprint density at radius 3 is 1.86 bits per heavy atom. The molecule has 348 valence electrons. The lowest BCUT2D eigenvalue weighted by atomic mass is 9.66. The maximum absolute atomic E-state index is 6.35. The van der Waals surface area contributed by atoms with Gasteiger partial charge in [0.2, 0.25) is 0 Å². The molecule has 2 aromatic heterocycles. The van der Waals surface area contributed by atoms with E-state index in [0.29, 0.717) is 0 Å². The molecule has 1 atom stereocenters. The summed E-state index contributed by atoms with van der Waals surface area (Å²) in [6, 6.07) is 93.7. The summed E-state index contributed by atoms with van der Waals surface area (Å²) in [4.78, 5) is 2.41.